The van der Waals surface area contributed by atoms with Crippen molar-refractivity contribution in [3.8, 4) is 5.75 Å². The van der Waals surface area contributed by atoms with Gasteiger partial charge in [-0.25, -0.2) is 8.42 Å². The molecule has 1 aliphatic heterocycles. The molecular formula is C16H20N2O4S. The minimum atomic E-state index is -3.02. The standard InChI is InChI=1S/C16H20N2O4S/c1-10-13-8-12(22-3)4-5-14(13)17-15(10)16(19)18(2)11-6-7-23(20,21)9-11/h4-5,8,11,17H,6-7,9H2,1-3H3. The number of carbonyl (C=O) groups is 1. The molecule has 1 aromatic carbocycles. The van der Waals surface area contributed by atoms with E-state index in [0.717, 1.165) is 22.2 Å². The predicted octanol–water partition coefficient (Wildman–Crippen LogP) is 1.74. The van der Waals surface area contributed by atoms with Crippen molar-refractivity contribution in [1.82, 2.24) is 9.88 Å². The molecule has 2 heterocycles. The SMILES string of the molecule is COc1ccc2[nH]c(C(=O)N(C)C3CCS(=O)(=O)C3)c(C)c2c1. The van der Waals surface area contributed by atoms with Crippen molar-refractivity contribution >= 4 is 26.6 Å². The van der Waals surface area contributed by atoms with Crippen molar-refractivity contribution in [1.29, 1.82) is 0 Å². The summed E-state index contributed by atoms with van der Waals surface area (Å²) < 4.78 is 28.5. The Morgan fingerprint density at radius 2 is 2.13 bits per heavy atom. The second kappa shape index (κ2) is 5.56. The summed E-state index contributed by atoms with van der Waals surface area (Å²) in [5.74, 6) is 0.745. The Labute approximate surface area is 135 Å². The van der Waals surface area contributed by atoms with Crippen LogP contribution in [0.2, 0.25) is 0 Å². The lowest BCUT2D eigenvalue weighted by atomic mass is 10.1. The van der Waals surface area contributed by atoms with Crippen LogP contribution in [0.1, 0.15) is 22.5 Å². The van der Waals surface area contributed by atoms with Crippen LogP contribution in [0.5, 0.6) is 5.75 Å². The first kappa shape index (κ1) is 15.9. The van der Waals surface area contributed by atoms with Gasteiger partial charge in [0.05, 0.1) is 18.6 Å². The zero-order valence-corrected chi connectivity index (χ0v) is 14.2. The molecule has 1 fully saturated rings. The Balaban J connectivity index is 1.93. The minimum absolute atomic E-state index is 0.0440. The highest BCUT2D eigenvalue weighted by Crippen LogP contribution is 2.27. The van der Waals surface area contributed by atoms with Crippen LogP contribution in [0.25, 0.3) is 10.9 Å². The number of aromatic amines is 1. The maximum atomic E-state index is 12.8. The quantitative estimate of drug-likeness (QED) is 0.926. The van der Waals surface area contributed by atoms with Crippen LogP contribution in [-0.2, 0) is 9.84 Å². The van der Waals surface area contributed by atoms with Crippen LogP contribution in [-0.4, -0.2) is 55.9 Å². The lowest BCUT2D eigenvalue weighted by molar-refractivity contribution is 0.0742. The molecule has 0 radical (unpaired) electrons. The maximum Gasteiger partial charge on any atom is 0.270 e. The van der Waals surface area contributed by atoms with E-state index in [9.17, 15) is 13.2 Å². The lowest BCUT2D eigenvalue weighted by Gasteiger charge is -2.23. The van der Waals surface area contributed by atoms with Gasteiger partial charge in [0.2, 0.25) is 0 Å². The monoisotopic (exact) mass is 336 g/mol. The smallest absolute Gasteiger partial charge is 0.270 e. The number of ether oxygens (including phenoxy) is 1. The molecule has 0 bridgehead atoms. The number of fused-ring (bicyclic) bond motifs is 1. The number of aromatic nitrogens is 1. The van der Waals surface area contributed by atoms with E-state index in [2.05, 4.69) is 4.98 Å². The number of hydrogen-bond acceptors (Lipinski definition) is 4. The first-order valence-electron chi connectivity index (χ1n) is 7.46. The zero-order valence-electron chi connectivity index (χ0n) is 13.4. The van der Waals surface area contributed by atoms with Gasteiger partial charge in [0, 0.05) is 24.0 Å². The van der Waals surface area contributed by atoms with Gasteiger partial charge < -0.3 is 14.6 Å². The third-order valence-corrected chi connectivity index (χ3v) is 6.31. The molecule has 0 spiro atoms. The molecule has 1 unspecified atom stereocenters. The zero-order chi connectivity index (χ0) is 16.8. The third-order valence-electron chi connectivity index (χ3n) is 4.56. The Kier molecular flexibility index (Phi) is 3.83. The average molecular weight is 336 g/mol. The van der Waals surface area contributed by atoms with Gasteiger partial charge in [0.25, 0.3) is 5.91 Å². The van der Waals surface area contributed by atoms with E-state index in [1.165, 1.54) is 0 Å². The first-order chi connectivity index (χ1) is 10.8. The van der Waals surface area contributed by atoms with Gasteiger partial charge in [-0.3, -0.25) is 4.79 Å². The van der Waals surface area contributed by atoms with Crippen molar-refractivity contribution < 1.29 is 17.9 Å². The molecule has 0 aliphatic carbocycles. The van der Waals surface area contributed by atoms with Crippen molar-refractivity contribution in [2.45, 2.75) is 19.4 Å². The van der Waals surface area contributed by atoms with Crippen LogP contribution in [0.4, 0.5) is 0 Å². The molecule has 1 amide bonds. The second-order valence-electron chi connectivity index (χ2n) is 6.01. The number of methoxy groups -OCH3 is 1. The summed E-state index contributed by atoms with van der Waals surface area (Å²) in [6.45, 7) is 1.88. The Hall–Kier alpha value is -2.02. The molecular weight excluding hydrogens is 316 g/mol. The number of H-pyrrole nitrogens is 1. The van der Waals surface area contributed by atoms with Gasteiger partial charge in [-0.1, -0.05) is 0 Å². The molecule has 2 aromatic rings. The van der Waals surface area contributed by atoms with Gasteiger partial charge in [0.15, 0.2) is 9.84 Å². The highest BCUT2D eigenvalue weighted by atomic mass is 32.2. The summed E-state index contributed by atoms with van der Waals surface area (Å²) >= 11 is 0. The summed E-state index contributed by atoms with van der Waals surface area (Å²) in [5.41, 5.74) is 2.20. The predicted molar refractivity (Wildman–Crippen MR) is 88.7 cm³/mol. The third kappa shape index (κ3) is 2.81. The number of rotatable bonds is 3. The molecule has 1 aliphatic rings. The number of hydrogen-bond donors (Lipinski definition) is 1. The molecule has 23 heavy (non-hydrogen) atoms. The van der Waals surface area contributed by atoms with Gasteiger partial charge in [-0.2, -0.15) is 0 Å². The summed E-state index contributed by atoms with van der Waals surface area (Å²) in [5, 5.41) is 0.931. The summed E-state index contributed by atoms with van der Waals surface area (Å²) in [4.78, 5) is 17.4. The topological polar surface area (TPSA) is 79.5 Å². The van der Waals surface area contributed by atoms with Gasteiger partial charge in [-0.15, -0.1) is 0 Å². The largest absolute Gasteiger partial charge is 0.497 e. The summed E-state index contributed by atoms with van der Waals surface area (Å²) in [6.07, 6.45) is 0.498. The average Bonchev–Trinajstić information content (AvgIpc) is 3.05. The van der Waals surface area contributed by atoms with E-state index in [4.69, 9.17) is 4.74 Å². The molecule has 0 saturated carbocycles. The number of benzene rings is 1. The number of nitrogens with zero attached hydrogens (tertiary/aromatic N) is 1. The van der Waals surface area contributed by atoms with E-state index in [-0.39, 0.29) is 23.5 Å². The Morgan fingerprint density at radius 1 is 1.39 bits per heavy atom. The number of aryl methyl sites for hydroxylation is 1. The Morgan fingerprint density at radius 3 is 2.74 bits per heavy atom. The fraction of sp³-hybridized carbons (Fsp3) is 0.438. The fourth-order valence-corrected chi connectivity index (χ4v) is 4.84. The molecule has 1 aromatic heterocycles. The molecule has 3 rings (SSSR count). The molecule has 1 N–H and O–H groups in total. The van der Waals surface area contributed by atoms with Crippen molar-refractivity contribution in [2.75, 3.05) is 25.7 Å². The first-order valence-corrected chi connectivity index (χ1v) is 9.28. The number of nitrogens with one attached hydrogen (secondary N) is 1. The van der Waals surface area contributed by atoms with Crippen molar-refractivity contribution in [3.05, 3.63) is 29.5 Å². The minimum Gasteiger partial charge on any atom is -0.497 e. The normalized spacial score (nSPS) is 19.9. The van der Waals surface area contributed by atoms with E-state index in [1.807, 2.05) is 25.1 Å². The maximum absolute atomic E-state index is 12.8. The second-order valence-corrected chi connectivity index (χ2v) is 8.24. The highest BCUT2D eigenvalue weighted by molar-refractivity contribution is 7.91. The van der Waals surface area contributed by atoms with Crippen LogP contribution in [0.3, 0.4) is 0 Å². The van der Waals surface area contributed by atoms with E-state index >= 15 is 0 Å². The number of sulfone groups is 1. The highest BCUT2D eigenvalue weighted by Gasteiger charge is 2.34. The van der Waals surface area contributed by atoms with Gasteiger partial charge in [0.1, 0.15) is 11.4 Å². The van der Waals surface area contributed by atoms with E-state index in [1.54, 1.807) is 19.1 Å². The van der Waals surface area contributed by atoms with Crippen molar-refractivity contribution in [2.24, 2.45) is 0 Å². The van der Waals surface area contributed by atoms with Crippen LogP contribution in [0.15, 0.2) is 18.2 Å². The molecule has 1 atom stereocenters. The molecule has 7 heteroatoms. The number of carbonyl (C=O) groups excluding carboxylic acids is 1. The van der Waals surface area contributed by atoms with Crippen LogP contribution in [0, 0.1) is 6.92 Å². The number of amides is 1. The fourth-order valence-electron chi connectivity index (χ4n) is 3.07. The van der Waals surface area contributed by atoms with E-state index < -0.39 is 9.84 Å². The van der Waals surface area contributed by atoms with Crippen LogP contribution < -0.4 is 4.74 Å². The Bertz CT molecular complexity index is 870. The lowest BCUT2D eigenvalue weighted by Crippen LogP contribution is -2.38. The van der Waals surface area contributed by atoms with Crippen molar-refractivity contribution in [3.63, 3.8) is 0 Å². The summed E-state index contributed by atoms with van der Waals surface area (Å²) in [7, 11) is 0.246. The van der Waals surface area contributed by atoms with Crippen LogP contribution >= 0.6 is 0 Å². The molecule has 6 nitrogen and oxygen atoms in total. The van der Waals surface area contributed by atoms with E-state index in [0.29, 0.717) is 12.1 Å². The molecule has 1 saturated heterocycles. The van der Waals surface area contributed by atoms with Gasteiger partial charge in [-0.05, 0) is 37.1 Å². The van der Waals surface area contributed by atoms with Gasteiger partial charge >= 0.3 is 0 Å². The summed E-state index contributed by atoms with van der Waals surface area (Å²) in [6, 6.07) is 5.34. The molecule has 124 valence electrons.